The second kappa shape index (κ2) is 4.50. The molecular formula is C6H7BrClF3O2. The maximum absolute atomic E-state index is 12.8. The lowest BCUT2D eigenvalue weighted by molar-refractivity contribution is -0.148. The van der Waals surface area contributed by atoms with Crippen LogP contribution in [0.1, 0.15) is 13.3 Å². The molecule has 0 amide bonds. The molecule has 0 aromatic carbocycles. The topological polar surface area (TPSA) is 26.3 Å². The Kier molecular flexibility index (Phi) is 4.51. The zero-order valence-corrected chi connectivity index (χ0v) is 8.96. The molecule has 0 aliphatic carbocycles. The van der Waals surface area contributed by atoms with E-state index in [9.17, 15) is 18.0 Å². The van der Waals surface area contributed by atoms with Crippen molar-refractivity contribution in [3.63, 3.8) is 0 Å². The average molecular weight is 283 g/mol. The molecule has 0 N–H and O–H groups in total. The Bertz CT molecular complexity index is 193. The van der Waals surface area contributed by atoms with Crippen molar-refractivity contribution in [2.45, 2.75) is 23.3 Å². The quantitative estimate of drug-likeness (QED) is 0.586. The first kappa shape index (κ1) is 13.0. The molecule has 78 valence electrons. The van der Waals surface area contributed by atoms with Crippen molar-refractivity contribution in [3.05, 3.63) is 0 Å². The van der Waals surface area contributed by atoms with Crippen LogP contribution >= 0.6 is 27.5 Å². The lowest BCUT2D eigenvalue weighted by atomic mass is 10.3. The summed E-state index contributed by atoms with van der Waals surface area (Å²) >= 11 is 6.51. The second-order valence-corrected chi connectivity index (χ2v) is 3.78. The molecule has 0 rings (SSSR count). The first-order valence-electron chi connectivity index (χ1n) is 3.31. The van der Waals surface area contributed by atoms with E-state index >= 15 is 0 Å². The molecule has 1 atom stereocenters. The van der Waals surface area contributed by atoms with E-state index in [0.29, 0.717) is 0 Å². The summed E-state index contributed by atoms with van der Waals surface area (Å²) in [6, 6.07) is 0. The molecule has 0 aliphatic heterocycles. The van der Waals surface area contributed by atoms with Crippen molar-refractivity contribution in [1.82, 2.24) is 0 Å². The molecule has 0 bridgehead atoms. The lowest BCUT2D eigenvalue weighted by Crippen LogP contribution is -2.36. The SMILES string of the molecule is CCOC(=O)CC(F)(Cl)C(F)(F)Br. The van der Waals surface area contributed by atoms with Gasteiger partial charge in [0.25, 0.3) is 5.13 Å². The lowest BCUT2D eigenvalue weighted by Gasteiger charge is -2.21. The van der Waals surface area contributed by atoms with Crippen molar-refractivity contribution < 1.29 is 22.7 Å². The van der Waals surface area contributed by atoms with Gasteiger partial charge in [0, 0.05) is 0 Å². The van der Waals surface area contributed by atoms with E-state index in [0.717, 1.165) is 0 Å². The maximum atomic E-state index is 12.8. The van der Waals surface area contributed by atoms with Gasteiger partial charge in [0.1, 0.15) is 6.42 Å². The van der Waals surface area contributed by atoms with Gasteiger partial charge in [-0.25, -0.2) is 4.39 Å². The molecule has 0 radical (unpaired) electrons. The van der Waals surface area contributed by atoms with Crippen LogP contribution in [0.25, 0.3) is 0 Å². The molecule has 0 saturated heterocycles. The van der Waals surface area contributed by atoms with Gasteiger partial charge in [-0.2, -0.15) is 8.78 Å². The number of esters is 1. The summed E-state index contributed by atoms with van der Waals surface area (Å²) in [6.07, 6.45) is -1.21. The average Bonchev–Trinajstić information content (AvgIpc) is 1.83. The summed E-state index contributed by atoms with van der Waals surface area (Å²) in [5, 5.41) is -3.46. The van der Waals surface area contributed by atoms with Crippen molar-refractivity contribution in [1.29, 1.82) is 0 Å². The molecule has 0 aromatic rings. The maximum Gasteiger partial charge on any atom is 0.349 e. The highest BCUT2D eigenvalue weighted by Crippen LogP contribution is 2.43. The Morgan fingerprint density at radius 3 is 2.31 bits per heavy atom. The molecule has 1 unspecified atom stereocenters. The summed E-state index contributed by atoms with van der Waals surface area (Å²) in [5.74, 6) is -1.11. The van der Waals surface area contributed by atoms with Crippen LogP contribution < -0.4 is 0 Å². The Morgan fingerprint density at radius 2 is 2.00 bits per heavy atom. The van der Waals surface area contributed by atoms with Crippen molar-refractivity contribution >= 4 is 33.5 Å². The highest BCUT2D eigenvalue weighted by molar-refractivity contribution is 9.10. The molecule has 0 heterocycles. The molecule has 0 spiro atoms. The summed E-state index contributed by atoms with van der Waals surface area (Å²) in [7, 11) is 0. The zero-order valence-electron chi connectivity index (χ0n) is 6.62. The molecule has 2 nitrogen and oxygen atoms in total. The smallest absolute Gasteiger partial charge is 0.349 e. The number of hydrogen-bond acceptors (Lipinski definition) is 2. The number of rotatable bonds is 4. The Hall–Kier alpha value is 0.0300. The van der Waals surface area contributed by atoms with Gasteiger partial charge in [-0.05, 0) is 22.9 Å². The second-order valence-electron chi connectivity index (χ2n) is 2.18. The molecule has 0 fully saturated rings. The van der Waals surface area contributed by atoms with Crippen LogP contribution in [-0.2, 0) is 9.53 Å². The standard InChI is InChI=1S/C6H7BrClF3O2/c1-2-13-4(12)3-5(8,9)6(7,10)11/h2-3H2,1H3. The van der Waals surface area contributed by atoms with Gasteiger partial charge >= 0.3 is 10.8 Å². The fourth-order valence-corrected chi connectivity index (χ4v) is 0.743. The highest BCUT2D eigenvalue weighted by atomic mass is 79.9. The zero-order chi connectivity index (χ0) is 10.7. The van der Waals surface area contributed by atoms with Crippen molar-refractivity contribution in [2.24, 2.45) is 0 Å². The number of carbonyl (C=O) groups excluding carboxylic acids is 1. The summed E-state index contributed by atoms with van der Waals surface area (Å²) in [5.41, 5.74) is 0. The van der Waals surface area contributed by atoms with Crippen LogP contribution in [0.4, 0.5) is 13.2 Å². The molecule has 0 aromatic heterocycles. The Labute approximate surface area is 86.5 Å². The molecule has 0 saturated carbocycles. The van der Waals surface area contributed by atoms with Gasteiger partial charge in [-0.1, -0.05) is 11.6 Å². The third-order valence-corrected chi connectivity index (χ3v) is 2.31. The van der Waals surface area contributed by atoms with Gasteiger partial charge < -0.3 is 4.74 Å². The van der Waals surface area contributed by atoms with Crippen LogP contribution in [0, 0.1) is 0 Å². The van der Waals surface area contributed by atoms with Gasteiger partial charge in [0.15, 0.2) is 0 Å². The van der Waals surface area contributed by atoms with Gasteiger partial charge in [0.05, 0.1) is 6.61 Å². The first-order valence-corrected chi connectivity index (χ1v) is 4.48. The van der Waals surface area contributed by atoms with Crippen LogP contribution in [-0.4, -0.2) is 22.5 Å². The van der Waals surface area contributed by atoms with Gasteiger partial charge in [0.2, 0.25) is 0 Å². The number of halogens is 5. The van der Waals surface area contributed by atoms with Crippen LogP contribution in [0.15, 0.2) is 0 Å². The van der Waals surface area contributed by atoms with Crippen molar-refractivity contribution in [3.8, 4) is 0 Å². The third kappa shape index (κ3) is 4.17. The summed E-state index contributed by atoms with van der Waals surface area (Å²) in [6.45, 7) is 1.46. The number of ether oxygens (including phenoxy) is 1. The first-order chi connectivity index (χ1) is 5.70. The normalized spacial score (nSPS) is 16.5. The number of hydrogen-bond donors (Lipinski definition) is 0. The van der Waals surface area contributed by atoms with Gasteiger partial charge in [-0.15, -0.1) is 0 Å². The van der Waals surface area contributed by atoms with Crippen LogP contribution in [0.3, 0.4) is 0 Å². The van der Waals surface area contributed by atoms with E-state index in [2.05, 4.69) is 4.74 Å². The predicted octanol–water partition coefficient (Wildman–Crippen LogP) is 2.83. The largest absolute Gasteiger partial charge is 0.466 e. The Balaban J connectivity index is 4.26. The van der Waals surface area contributed by atoms with E-state index < -0.39 is 22.3 Å². The molecule has 7 heteroatoms. The van der Waals surface area contributed by atoms with Crippen LogP contribution in [0.2, 0.25) is 0 Å². The predicted molar refractivity (Wildman–Crippen MR) is 44.8 cm³/mol. The minimum atomic E-state index is -3.96. The van der Waals surface area contributed by atoms with Crippen LogP contribution in [0.5, 0.6) is 0 Å². The van der Waals surface area contributed by atoms with E-state index in [-0.39, 0.29) is 6.61 Å². The molecule has 0 aliphatic rings. The van der Waals surface area contributed by atoms with E-state index in [1.165, 1.54) is 6.92 Å². The highest BCUT2D eigenvalue weighted by Gasteiger charge is 2.53. The third-order valence-electron chi connectivity index (χ3n) is 1.09. The minimum absolute atomic E-state index is 0.0142. The summed E-state index contributed by atoms with van der Waals surface area (Å²) in [4.78, 5) is 6.64. The fourth-order valence-electron chi connectivity index (χ4n) is 0.494. The van der Waals surface area contributed by atoms with E-state index in [1.54, 1.807) is 15.9 Å². The Morgan fingerprint density at radius 1 is 1.54 bits per heavy atom. The molecular weight excluding hydrogens is 276 g/mol. The number of carbonyl (C=O) groups is 1. The van der Waals surface area contributed by atoms with E-state index in [1.807, 2.05) is 0 Å². The summed E-state index contributed by atoms with van der Waals surface area (Å²) < 4.78 is 41.7. The van der Waals surface area contributed by atoms with Gasteiger partial charge in [-0.3, -0.25) is 4.79 Å². The van der Waals surface area contributed by atoms with E-state index in [4.69, 9.17) is 11.6 Å². The molecule has 13 heavy (non-hydrogen) atoms. The minimum Gasteiger partial charge on any atom is -0.466 e. The van der Waals surface area contributed by atoms with Crippen molar-refractivity contribution in [2.75, 3.05) is 6.61 Å². The fraction of sp³-hybridized carbons (Fsp3) is 0.833. The number of alkyl halides is 5. The monoisotopic (exact) mass is 282 g/mol.